The van der Waals surface area contributed by atoms with Gasteiger partial charge in [0.05, 0.1) is 6.10 Å². The van der Waals surface area contributed by atoms with Crippen LogP contribution in [0.15, 0.2) is 12.2 Å². The smallest absolute Gasteiger partial charge is 0.114 e. The minimum absolute atomic E-state index is 0.102. The summed E-state index contributed by atoms with van der Waals surface area (Å²) in [4.78, 5) is 0. The molecule has 2 nitrogen and oxygen atoms in total. The van der Waals surface area contributed by atoms with E-state index in [9.17, 15) is 0 Å². The van der Waals surface area contributed by atoms with E-state index in [1.165, 1.54) is 0 Å². The molecule has 0 aromatic carbocycles. The van der Waals surface area contributed by atoms with Gasteiger partial charge in [-0.15, -0.1) is 0 Å². The van der Waals surface area contributed by atoms with Gasteiger partial charge in [-0.1, -0.05) is 26.8 Å². The zero-order chi connectivity index (χ0) is 11.2. The summed E-state index contributed by atoms with van der Waals surface area (Å²) in [7, 11) is 3.48. The average molecular weight is 200 g/mol. The van der Waals surface area contributed by atoms with Crippen molar-refractivity contribution in [3.05, 3.63) is 12.2 Å². The lowest BCUT2D eigenvalue weighted by Crippen LogP contribution is -2.45. The van der Waals surface area contributed by atoms with Gasteiger partial charge in [0.2, 0.25) is 0 Å². The van der Waals surface area contributed by atoms with Crippen LogP contribution < -0.4 is 0 Å². The second-order valence-electron chi connectivity index (χ2n) is 3.76. The molecule has 0 spiro atoms. The van der Waals surface area contributed by atoms with E-state index in [0.717, 1.165) is 24.8 Å². The summed E-state index contributed by atoms with van der Waals surface area (Å²) < 4.78 is 11.1. The number of hydrogen-bond acceptors (Lipinski definition) is 2. The summed E-state index contributed by atoms with van der Waals surface area (Å²) in [6, 6.07) is 0. The van der Waals surface area contributed by atoms with E-state index in [2.05, 4.69) is 20.4 Å². The van der Waals surface area contributed by atoms with Crippen molar-refractivity contribution in [3.8, 4) is 0 Å². The normalized spacial score (nSPS) is 17.5. The minimum atomic E-state index is -0.307. The third-order valence-electron chi connectivity index (χ3n) is 2.88. The van der Waals surface area contributed by atoms with Gasteiger partial charge in [0.25, 0.3) is 0 Å². The average Bonchev–Trinajstić information content (AvgIpc) is 2.17. The fourth-order valence-electron chi connectivity index (χ4n) is 2.12. The molecule has 0 fully saturated rings. The van der Waals surface area contributed by atoms with Crippen LogP contribution in [-0.2, 0) is 9.47 Å². The second-order valence-corrected chi connectivity index (χ2v) is 3.76. The Labute approximate surface area is 88.3 Å². The first-order chi connectivity index (χ1) is 6.58. The van der Waals surface area contributed by atoms with Gasteiger partial charge < -0.3 is 9.47 Å². The Balaban J connectivity index is 4.89. The molecule has 0 aliphatic heterocycles. The van der Waals surface area contributed by atoms with Crippen molar-refractivity contribution in [2.75, 3.05) is 14.2 Å². The molecule has 0 aliphatic carbocycles. The van der Waals surface area contributed by atoms with Gasteiger partial charge in [-0.3, -0.25) is 0 Å². The molecule has 0 saturated carbocycles. The van der Waals surface area contributed by atoms with Crippen LogP contribution in [0.2, 0.25) is 0 Å². The van der Waals surface area contributed by atoms with Crippen LogP contribution in [0.1, 0.15) is 40.0 Å². The van der Waals surface area contributed by atoms with Crippen molar-refractivity contribution in [2.24, 2.45) is 0 Å². The lowest BCUT2D eigenvalue weighted by Gasteiger charge is -2.39. The molecule has 14 heavy (non-hydrogen) atoms. The van der Waals surface area contributed by atoms with Crippen molar-refractivity contribution in [1.82, 2.24) is 0 Å². The van der Waals surface area contributed by atoms with Crippen LogP contribution in [0.3, 0.4) is 0 Å². The largest absolute Gasteiger partial charge is 0.378 e. The highest BCUT2D eigenvalue weighted by atomic mass is 16.5. The van der Waals surface area contributed by atoms with E-state index in [1.54, 1.807) is 14.2 Å². The summed E-state index contributed by atoms with van der Waals surface area (Å²) in [5, 5.41) is 0. The van der Waals surface area contributed by atoms with E-state index >= 15 is 0 Å². The van der Waals surface area contributed by atoms with Gasteiger partial charge in [0.1, 0.15) is 5.60 Å². The Bertz CT molecular complexity index is 173. The SMILES string of the molecule is C=C(C)[C@](CCC)(OC)C(CC)OC. The van der Waals surface area contributed by atoms with Crippen molar-refractivity contribution >= 4 is 0 Å². The predicted molar refractivity (Wildman–Crippen MR) is 60.6 cm³/mol. The molecule has 0 N–H and O–H groups in total. The molecule has 0 aliphatic rings. The highest BCUT2D eigenvalue weighted by Crippen LogP contribution is 2.32. The quantitative estimate of drug-likeness (QED) is 0.588. The van der Waals surface area contributed by atoms with Crippen molar-refractivity contribution in [1.29, 1.82) is 0 Å². The summed E-state index contributed by atoms with van der Waals surface area (Å²) >= 11 is 0. The number of hydrogen-bond donors (Lipinski definition) is 0. The van der Waals surface area contributed by atoms with Gasteiger partial charge in [0, 0.05) is 14.2 Å². The van der Waals surface area contributed by atoms with Crippen LogP contribution >= 0.6 is 0 Å². The molecule has 0 bridgehead atoms. The van der Waals surface area contributed by atoms with Crippen molar-refractivity contribution < 1.29 is 9.47 Å². The Kier molecular flexibility index (Phi) is 6.05. The lowest BCUT2D eigenvalue weighted by molar-refractivity contribution is -0.0993. The highest BCUT2D eigenvalue weighted by Gasteiger charge is 2.38. The standard InChI is InChI=1S/C12H24O2/c1-7-9-12(14-6,10(3)4)11(8-2)13-5/h11H,3,7-9H2,1-2,4-6H3/t11?,12-/m0/s1. The molecule has 2 heteroatoms. The molecular formula is C12H24O2. The summed E-state index contributed by atoms with van der Waals surface area (Å²) in [5.74, 6) is 0. The first-order valence-electron chi connectivity index (χ1n) is 5.32. The van der Waals surface area contributed by atoms with Gasteiger partial charge >= 0.3 is 0 Å². The maximum atomic E-state index is 5.66. The molecule has 0 saturated heterocycles. The molecule has 0 rings (SSSR count). The number of ether oxygens (including phenoxy) is 2. The molecule has 0 amide bonds. The number of methoxy groups -OCH3 is 2. The third kappa shape index (κ3) is 2.58. The monoisotopic (exact) mass is 200 g/mol. The molecule has 84 valence electrons. The first-order valence-corrected chi connectivity index (χ1v) is 5.32. The lowest BCUT2D eigenvalue weighted by atomic mass is 9.83. The Hall–Kier alpha value is -0.340. The fraction of sp³-hybridized carbons (Fsp3) is 0.833. The Morgan fingerprint density at radius 2 is 1.93 bits per heavy atom. The summed E-state index contributed by atoms with van der Waals surface area (Å²) in [5.41, 5.74) is 0.744. The molecule has 0 heterocycles. The zero-order valence-corrected chi connectivity index (χ0v) is 10.2. The van der Waals surface area contributed by atoms with Gasteiger partial charge in [0.15, 0.2) is 0 Å². The fourth-order valence-corrected chi connectivity index (χ4v) is 2.12. The summed E-state index contributed by atoms with van der Waals surface area (Å²) in [6.45, 7) is 10.3. The third-order valence-corrected chi connectivity index (χ3v) is 2.88. The van der Waals surface area contributed by atoms with Crippen LogP contribution in [0, 0.1) is 0 Å². The molecule has 0 radical (unpaired) electrons. The molecule has 0 aromatic rings. The van der Waals surface area contributed by atoms with Crippen LogP contribution in [0.5, 0.6) is 0 Å². The maximum Gasteiger partial charge on any atom is 0.114 e. The predicted octanol–water partition coefficient (Wildman–Crippen LogP) is 3.17. The van der Waals surface area contributed by atoms with Crippen LogP contribution in [-0.4, -0.2) is 25.9 Å². The summed E-state index contributed by atoms with van der Waals surface area (Å²) in [6.07, 6.45) is 3.08. The van der Waals surface area contributed by atoms with E-state index < -0.39 is 0 Å². The van der Waals surface area contributed by atoms with Crippen LogP contribution in [0.4, 0.5) is 0 Å². The molecule has 2 atom stereocenters. The van der Waals surface area contributed by atoms with E-state index in [0.29, 0.717) is 0 Å². The first kappa shape index (κ1) is 13.7. The topological polar surface area (TPSA) is 18.5 Å². The minimum Gasteiger partial charge on any atom is -0.378 e. The van der Waals surface area contributed by atoms with Gasteiger partial charge in [-0.2, -0.15) is 0 Å². The van der Waals surface area contributed by atoms with E-state index in [-0.39, 0.29) is 11.7 Å². The molecule has 0 aromatic heterocycles. The maximum absolute atomic E-state index is 5.66. The molecular weight excluding hydrogens is 176 g/mol. The highest BCUT2D eigenvalue weighted by molar-refractivity contribution is 5.14. The molecule has 1 unspecified atom stereocenters. The zero-order valence-electron chi connectivity index (χ0n) is 10.2. The second kappa shape index (κ2) is 6.20. The Morgan fingerprint density at radius 3 is 2.14 bits per heavy atom. The van der Waals surface area contributed by atoms with Crippen molar-refractivity contribution in [2.45, 2.75) is 51.7 Å². The Morgan fingerprint density at radius 1 is 1.36 bits per heavy atom. The number of rotatable bonds is 7. The van der Waals surface area contributed by atoms with Gasteiger partial charge in [-0.25, -0.2) is 0 Å². The van der Waals surface area contributed by atoms with Crippen molar-refractivity contribution in [3.63, 3.8) is 0 Å². The van der Waals surface area contributed by atoms with E-state index in [4.69, 9.17) is 9.47 Å². The van der Waals surface area contributed by atoms with E-state index in [1.807, 2.05) is 6.92 Å². The van der Waals surface area contributed by atoms with Crippen LogP contribution in [0.25, 0.3) is 0 Å². The van der Waals surface area contributed by atoms with Gasteiger partial charge in [-0.05, 0) is 25.3 Å².